The molecule has 1 unspecified atom stereocenters. The van der Waals surface area contributed by atoms with Crippen molar-refractivity contribution in [2.75, 3.05) is 12.4 Å². The summed E-state index contributed by atoms with van der Waals surface area (Å²) in [5.74, 6) is -0.906. The number of carbonyl (C=O) groups is 2. The predicted molar refractivity (Wildman–Crippen MR) is 117 cm³/mol. The highest BCUT2D eigenvalue weighted by molar-refractivity contribution is 8.15. The second-order valence-corrected chi connectivity index (χ2v) is 8.92. The number of alkyl halides is 3. The molecule has 0 aromatic heterocycles. The number of hydrogen-bond acceptors (Lipinski definition) is 4. The Kier molecular flexibility index (Phi) is 7.10. The zero-order chi connectivity index (χ0) is 22.9. The van der Waals surface area contributed by atoms with E-state index in [0.717, 1.165) is 23.9 Å². The molecule has 31 heavy (non-hydrogen) atoms. The predicted octanol–water partition coefficient (Wildman–Crippen LogP) is 6.26. The SMILES string of the molecule is CN1C(=O)CC(C(=O)Nc2cc(Cl)cc(Cl)c2)SC1=Nc1ccc(Cl)c(C(F)(F)F)c1. The number of anilines is 1. The van der Waals surface area contributed by atoms with Gasteiger partial charge in [-0.05, 0) is 36.4 Å². The molecule has 5 nitrogen and oxygen atoms in total. The first-order valence-electron chi connectivity index (χ1n) is 8.59. The summed E-state index contributed by atoms with van der Waals surface area (Å²) in [5.41, 5.74) is -0.750. The second-order valence-electron chi connectivity index (χ2n) is 6.47. The third-order valence-electron chi connectivity index (χ3n) is 4.17. The lowest BCUT2D eigenvalue weighted by Gasteiger charge is -2.29. The molecule has 2 aromatic rings. The van der Waals surface area contributed by atoms with Gasteiger partial charge in [0, 0.05) is 29.2 Å². The van der Waals surface area contributed by atoms with Gasteiger partial charge in [-0.15, -0.1) is 0 Å². The monoisotopic (exact) mass is 509 g/mol. The molecule has 0 spiro atoms. The van der Waals surface area contributed by atoms with Gasteiger partial charge in [0.25, 0.3) is 0 Å². The summed E-state index contributed by atoms with van der Waals surface area (Å²) in [6.45, 7) is 0. The molecule has 0 bridgehead atoms. The van der Waals surface area contributed by atoms with Gasteiger partial charge in [0.1, 0.15) is 5.25 Å². The molecule has 3 rings (SSSR count). The smallest absolute Gasteiger partial charge is 0.325 e. The second kappa shape index (κ2) is 9.28. The number of thioether (sulfide) groups is 1. The number of amidine groups is 1. The van der Waals surface area contributed by atoms with E-state index in [9.17, 15) is 22.8 Å². The number of carbonyl (C=O) groups excluding carboxylic acids is 2. The van der Waals surface area contributed by atoms with Gasteiger partial charge in [0.2, 0.25) is 11.8 Å². The molecule has 0 aliphatic carbocycles. The minimum atomic E-state index is -4.66. The number of rotatable bonds is 3. The first-order valence-corrected chi connectivity index (χ1v) is 10.6. The standard InChI is InChI=1S/C19H13Cl3F3N3O2S/c1-28-16(29)8-15(17(30)26-12-5-9(20)4-10(21)6-12)31-18(28)27-11-2-3-14(22)13(7-11)19(23,24)25/h2-7,15H,8H2,1H3,(H,26,30). The van der Waals surface area contributed by atoms with Gasteiger partial charge < -0.3 is 5.32 Å². The van der Waals surface area contributed by atoms with E-state index in [0.29, 0.717) is 15.7 Å². The first-order chi connectivity index (χ1) is 14.4. The zero-order valence-corrected chi connectivity index (χ0v) is 18.7. The van der Waals surface area contributed by atoms with Crippen LogP contribution < -0.4 is 5.32 Å². The molecule has 1 fully saturated rings. The Morgan fingerprint density at radius 3 is 2.42 bits per heavy atom. The van der Waals surface area contributed by atoms with Crippen LogP contribution in [-0.4, -0.2) is 34.2 Å². The molecule has 1 aliphatic heterocycles. The summed E-state index contributed by atoms with van der Waals surface area (Å²) in [6, 6.07) is 7.64. The fourth-order valence-electron chi connectivity index (χ4n) is 2.66. The van der Waals surface area contributed by atoms with Crippen LogP contribution in [0.4, 0.5) is 24.5 Å². The minimum absolute atomic E-state index is 0.0541. The summed E-state index contributed by atoms with van der Waals surface area (Å²) < 4.78 is 39.3. The molecule has 1 saturated heterocycles. The van der Waals surface area contributed by atoms with Crippen molar-refractivity contribution in [1.29, 1.82) is 0 Å². The van der Waals surface area contributed by atoms with Crippen LogP contribution in [-0.2, 0) is 15.8 Å². The lowest BCUT2D eigenvalue weighted by atomic mass is 10.2. The summed E-state index contributed by atoms with van der Waals surface area (Å²) in [4.78, 5) is 30.3. The highest BCUT2D eigenvalue weighted by atomic mass is 35.5. The number of hydrogen-bond donors (Lipinski definition) is 1. The Labute approximate surface area is 194 Å². The van der Waals surface area contributed by atoms with Crippen LogP contribution in [0.5, 0.6) is 0 Å². The Bertz CT molecular complexity index is 1060. The number of nitrogens with zero attached hydrogens (tertiary/aromatic N) is 2. The zero-order valence-electron chi connectivity index (χ0n) is 15.6. The average Bonchev–Trinajstić information content (AvgIpc) is 2.65. The van der Waals surface area contributed by atoms with Crippen LogP contribution in [0.3, 0.4) is 0 Å². The fourth-order valence-corrected chi connectivity index (χ4v) is 4.47. The van der Waals surface area contributed by atoms with Crippen molar-refractivity contribution in [2.24, 2.45) is 4.99 Å². The van der Waals surface area contributed by atoms with E-state index in [1.165, 1.54) is 36.2 Å². The molecule has 164 valence electrons. The summed E-state index contributed by atoms with van der Waals surface area (Å²) >= 11 is 18.4. The van der Waals surface area contributed by atoms with Gasteiger partial charge in [0.15, 0.2) is 5.17 Å². The maximum Gasteiger partial charge on any atom is 0.417 e. The number of benzene rings is 2. The molecule has 12 heteroatoms. The molecule has 2 aromatic carbocycles. The molecule has 0 radical (unpaired) electrons. The van der Waals surface area contributed by atoms with Crippen LogP contribution in [0.2, 0.25) is 15.1 Å². The molecule has 0 saturated carbocycles. The Balaban J connectivity index is 1.85. The molecular weight excluding hydrogens is 498 g/mol. The van der Waals surface area contributed by atoms with E-state index < -0.39 is 33.8 Å². The third kappa shape index (κ3) is 5.85. The van der Waals surface area contributed by atoms with E-state index in [-0.39, 0.29) is 17.3 Å². The Morgan fingerprint density at radius 1 is 1.16 bits per heavy atom. The Morgan fingerprint density at radius 2 is 1.81 bits per heavy atom. The van der Waals surface area contributed by atoms with Crippen molar-refractivity contribution in [1.82, 2.24) is 4.90 Å². The molecule has 1 aliphatic rings. The van der Waals surface area contributed by atoms with Gasteiger partial charge in [-0.2, -0.15) is 13.2 Å². The van der Waals surface area contributed by atoms with Gasteiger partial charge in [0.05, 0.1) is 16.3 Å². The highest BCUT2D eigenvalue weighted by Gasteiger charge is 2.35. The number of aliphatic imine (C=N–C) groups is 1. The number of amides is 2. The first kappa shape index (κ1) is 23.7. The van der Waals surface area contributed by atoms with Gasteiger partial charge in [-0.3, -0.25) is 14.5 Å². The number of halogens is 6. The van der Waals surface area contributed by atoms with Gasteiger partial charge in [-0.25, -0.2) is 4.99 Å². The van der Waals surface area contributed by atoms with Crippen molar-refractivity contribution < 1.29 is 22.8 Å². The maximum atomic E-state index is 13.1. The van der Waals surface area contributed by atoms with E-state index in [1.807, 2.05) is 0 Å². The third-order valence-corrected chi connectivity index (χ3v) is 6.18. The minimum Gasteiger partial charge on any atom is -0.325 e. The lowest BCUT2D eigenvalue weighted by molar-refractivity contribution is -0.137. The molecule has 1 atom stereocenters. The Hall–Kier alpha value is -1.94. The van der Waals surface area contributed by atoms with E-state index in [1.54, 1.807) is 0 Å². The molecule has 2 amide bonds. The van der Waals surface area contributed by atoms with E-state index in [2.05, 4.69) is 10.3 Å². The van der Waals surface area contributed by atoms with Crippen molar-refractivity contribution >= 4 is 74.9 Å². The van der Waals surface area contributed by atoms with Gasteiger partial charge in [-0.1, -0.05) is 46.6 Å². The molecular formula is C19H13Cl3F3N3O2S. The van der Waals surface area contributed by atoms with Crippen LogP contribution in [0, 0.1) is 0 Å². The normalized spacial score (nSPS) is 18.4. The molecule has 1 heterocycles. The maximum absolute atomic E-state index is 13.1. The van der Waals surface area contributed by atoms with Crippen molar-refractivity contribution in [3.05, 3.63) is 57.0 Å². The highest BCUT2D eigenvalue weighted by Crippen LogP contribution is 2.37. The van der Waals surface area contributed by atoms with Crippen LogP contribution in [0.1, 0.15) is 12.0 Å². The summed E-state index contributed by atoms with van der Waals surface area (Å²) in [7, 11) is 1.43. The van der Waals surface area contributed by atoms with Gasteiger partial charge >= 0.3 is 6.18 Å². The average molecular weight is 511 g/mol. The quantitative estimate of drug-likeness (QED) is 0.530. The van der Waals surface area contributed by atoms with Crippen LogP contribution in [0.15, 0.2) is 41.4 Å². The fraction of sp³-hybridized carbons (Fsp3) is 0.211. The van der Waals surface area contributed by atoms with Crippen molar-refractivity contribution in [3.63, 3.8) is 0 Å². The van der Waals surface area contributed by atoms with Crippen molar-refractivity contribution in [3.8, 4) is 0 Å². The van der Waals surface area contributed by atoms with Crippen molar-refractivity contribution in [2.45, 2.75) is 17.8 Å². The summed E-state index contributed by atoms with van der Waals surface area (Å²) in [5, 5.41) is 2.03. The lowest BCUT2D eigenvalue weighted by Crippen LogP contribution is -2.43. The largest absolute Gasteiger partial charge is 0.417 e. The molecule has 1 N–H and O–H groups in total. The summed E-state index contributed by atoms with van der Waals surface area (Å²) in [6.07, 6.45) is -4.77. The van der Waals surface area contributed by atoms with Crippen LogP contribution >= 0.6 is 46.6 Å². The van der Waals surface area contributed by atoms with Crippen LogP contribution in [0.25, 0.3) is 0 Å². The topological polar surface area (TPSA) is 61.8 Å². The number of nitrogens with one attached hydrogen (secondary N) is 1. The van der Waals surface area contributed by atoms with E-state index >= 15 is 0 Å². The van der Waals surface area contributed by atoms with E-state index in [4.69, 9.17) is 34.8 Å².